The van der Waals surface area contributed by atoms with E-state index in [-0.39, 0.29) is 40.6 Å². The van der Waals surface area contributed by atoms with Crippen LogP contribution >= 0.6 is 23.2 Å². The van der Waals surface area contributed by atoms with Crippen LogP contribution in [0, 0.1) is 5.82 Å². The molecule has 226 valence electrons. The molecule has 1 aliphatic heterocycles. The average Bonchev–Trinajstić information content (AvgIpc) is 3.29. The molecule has 3 atom stereocenters. The van der Waals surface area contributed by atoms with E-state index in [2.05, 4.69) is 27.2 Å². The molecule has 6 N–H and O–H groups in total. The van der Waals surface area contributed by atoms with Crippen molar-refractivity contribution in [2.45, 2.75) is 57.8 Å². The predicted molar refractivity (Wildman–Crippen MR) is 161 cm³/mol. The SMILES string of the molecule is C=C(N=C/C(Cl)=C(\N)c1ccc2c(c1)C(=O)N([C@H](C)C(=O)N[C@H](CO)c1ncc(Cl)cc1F)C2)NC(CCC)CCO. The Morgan fingerprint density at radius 2 is 2.05 bits per heavy atom. The van der Waals surface area contributed by atoms with Crippen molar-refractivity contribution in [3.05, 3.63) is 81.1 Å². The number of aliphatic imine (C=N–C) groups is 1. The molecule has 0 saturated carbocycles. The monoisotopic (exact) mass is 620 g/mol. The number of aliphatic hydroxyl groups is 2. The van der Waals surface area contributed by atoms with Crippen LogP contribution in [0.15, 0.2) is 52.9 Å². The summed E-state index contributed by atoms with van der Waals surface area (Å²) in [4.78, 5) is 35.8. The van der Waals surface area contributed by atoms with Crippen LogP contribution in [0.3, 0.4) is 0 Å². The number of nitrogens with zero attached hydrogens (tertiary/aromatic N) is 3. The maximum Gasteiger partial charge on any atom is 0.255 e. The fraction of sp³-hybridized carbons (Fsp3) is 0.379. The van der Waals surface area contributed by atoms with Gasteiger partial charge in [0.05, 0.1) is 28.4 Å². The van der Waals surface area contributed by atoms with Gasteiger partial charge < -0.3 is 31.5 Å². The molecule has 1 aromatic heterocycles. The Labute approximate surface area is 254 Å². The maximum atomic E-state index is 14.3. The number of hydrogen-bond acceptors (Lipinski definition) is 8. The van der Waals surface area contributed by atoms with E-state index in [1.54, 1.807) is 18.2 Å². The minimum atomic E-state index is -1.13. The number of fused-ring (bicyclic) bond motifs is 1. The second-order valence-electron chi connectivity index (χ2n) is 9.85. The molecule has 13 heteroatoms. The van der Waals surface area contributed by atoms with Gasteiger partial charge in [-0.2, -0.15) is 0 Å². The number of aliphatic hydroxyl groups excluding tert-OH is 2. The Morgan fingerprint density at radius 1 is 1.31 bits per heavy atom. The Morgan fingerprint density at radius 3 is 2.69 bits per heavy atom. The molecule has 2 amide bonds. The lowest BCUT2D eigenvalue weighted by Crippen LogP contribution is -2.47. The Bertz CT molecular complexity index is 1380. The molecule has 0 fully saturated rings. The largest absolute Gasteiger partial charge is 0.397 e. The molecule has 0 bridgehead atoms. The molecule has 1 aromatic carbocycles. The zero-order valence-corrected chi connectivity index (χ0v) is 24.9. The highest BCUT2D eigenvalue weighted by atomic mass is 35.5. The number of nitrogens with one attached hydrogen (secondary N) is 2. The zero-order valence-electron chi connectivity index (χ0n) is 23.4. The van der Waals surface area contributed by atoms with Crippen molar-refractivity contribution in [3.63, 3.8) is 0 Å². The van der Waals surface area contributed by atoms with E-state index < -0.39 is 36.3 Å². The summed E-state index contributed by atoms with van der Waals surface area (Å²) < 4.78 is 14.3. The van der Waals surface area contributed by atoms with Crippen molar-refractivity contribution in [2.75, 3.05) is 13.2 Å². The number of pyridine rings is 1. The molecule has 1 unspecified atom stereocenters. The van der Waals surface area contributed by atoms with Gasteiger partial charge in [0.15, 0.2) is 0 Å². The average molecular weight is 622 g/mol. The first-order valence-corrected chi connectivity index (χ1v) is 14.2. The standard InChI is InChI=1S/C29H35Cl2FN6O4/c1-4-5-21(8-9-39)36-17(3)34-13-23(31)26(33)18-6-7-19-14-38(29(42)22(19)10-18)16(2)28(41)37-25(15-40)27-24(32)11-20(30)12-35-27/h6-7,10-13,16,21,25,36,39-40H,3-5,8-9,14-15,33H2,1-2H3,(H,37,41)/b26-23+,34-13?/t16-,21?,25-/m1/s1. The Kier molecular flexibility index (Phi) is 11.9. The highest BCUT2D eigenvalue weighted by Crippen LogP contribution is 2.28. The van der Waals surface area contributed by atoms with E-state index >= 15 is 0 Å². The summed E-state index contributed by atoms with van der Waals surface area (Å²) in [7, 11) is 0. The van der Waals surface area contributed by atoms with Crippen LogP contribution in [-0.4, -0.2) is 63.4 Å². The molecule has 2 heterocycles. The normalized spacial score (nSPS) is 15.7. The summed E-state index contributed by atoms with van der Waals surface area (Å²) in [5.41, 5.74) is 7.83. The molecular weight excluding hydrogens is 586 g/mol. The molecule has 3 rings (SSSR count). The number of rotatable bonds is 14. The molecule has 1 aliphatic rings. The van der Waals surface area contributed by atoms with Crippen LogP contribution in [-0.2, 0) is 11.3 Å². The number of halogens is 3. The van der Waals surface area contributed by atoms with Crippen molar-refractivity contribution < 1.29 is 24.2 Å². The summed E-state index contributed by atoms with van der Waals surface area (Å²) in [5.74, 6) is -1.40. The molecule has 0 radical (unpaired) electrons. The minimum Gasteiger partial charge on any atom is -0.397 e. The summed E-state index contributed by atoms with van der Waals surface area (Å²) >= 11 is 12.1. The summed E-state index contributed by atoms with van der Waals surface area (Å²) in [6.07, 6.45) is 4.92. The second kappa shape index (κ2) is 15.1. The molecule has 2 aromatic rings. The lowest BCUT2D eigenvalue weighted by atomic mass is 10.0. The molecule has 42 heavy (non-hydrogen) atoms. The molecule has 10 nitrogen and oxygen atoms in total. The number of aromatic nitrogens is 1. The first-order chi connectivity index (χ1) is 20.0. The quantitative estimate of drug-likeness (QED) is 0.202. The summed E-state index contributed by atoms with van der Waals surface area (Å²) in [5, 5.41) is 24.9. The zero-order chi connectivity index (χ0) is 31.0. The van der Waals surface area contributed by atoms with Gasteiger partial charge in [0, 0.05) is 37.2 Å². The van der Waals surface area contributed by atoms with Gasteiger partial charge in [-0.1, -0.05) is 55.3 Å². The fourth-order valence-electron chi connectivity index (χ4n) is 4.53. The van der Waals surface area contributed by atoms with E-state index in [1.807, 2.05) is 6.92 Å². The third-order valence-electron chi connectivity index (χ3n) is 6.84. The van der Waals surface area contributed by atoms with Gasteiger partial charge in [-0.05, 0) is 43.0 Å². The van der Waals surface area contributed by atoms with Gasteiger partial charge in [-0.3, -0.25) is 14.6 Å². The van der Waals surface area contributed by atoms with Crippen LogP contribution < -0.4 is 16.4 Å². The topological polar surface area (TPSA) is 153 Å². The van der Waals surface area contributed by atoms with Crippen molar-refractivity contribution in [3.8, 4) is 0 Å². The number of nitrogens with two attached hydrogens (primary N) is 1. The Hall–Kier alpha value is -3.51. The van der Waals surface area contributed by atoms with Crippen LogP contribution in [0.4, 0.5) is 4.39 Å². The van der Waals surface area contributed by atoms with E-state index in [9.17, 15) is 24.2 Å². The second-order valence-corrected chi connectivity index (χ2v) is 10.7. The van der Waals surface area contributed by atoms with Crippen molar-refractivity contribution >= 4 is 46.9 Å². The van der Waals surface area contributed by atoms with E-state index in [0.29, 0.717) is 28.9 Å². The number of amides is 2. The third-order valence-corrected chi connectivity index (χ3v) is 7.35. The number of carbonyl (C=O) groups is 2. The molecular formula is C29H35Cl2FN6O4. The maximum absolute atomic E-state index is 14.3. The molecule has 0 spiro atoms. The van der Waals surface area contributed by atoms with E-state index in [1.165, 1.54) is 24.2 Å². The number of carbonyl (C=O) groups excluding carboxylic acids is 2. The van der Waals surface area contributed by atoms with Gasteiger partial charge in [0.1, 0.15) is 23.4 Å². The van der Waals surface area contributed by atoms with Gasteiger partial charge in [0.25, 0.3) is 5.91 Å². The van der Waals surface area contributed by atoms with Crippen molar-refractivity contribution in [1.82, 2.24) is 20.5 Å². The number of allylic oxidation sites excluding steroid dienone is 1. The highest BCUT2D eigenvalue weighted by Gasteiger charge is 2.35. The van der Waals surface area contributed by atoms with Crippen LogP contribution in [0.2, 0.25) is 5.02 Å². The predicted octanol–water partition coefficient (Wildman–Crippen LogP) is 3.62. The van der Waals surface area contributed by atoms with Gasteiger partial charge in [-0.15, -0.1) is 0 Å². The van der Waals surface area contributed by atoms with Crippen molar-refractivity contribution in [2.24, 2.45) is 10.7 Å². The summed E-state index contributed by atoms with van der Waals surface area (Å²) in [6, 6.07) is 4.05. The molecule has 0 saturated heterocycles. The number of benzene rings is 1. The van der Waals surface area contributed by atoms with E-state index in [4.69, 9.17) is 28.9 Å². The first kappa shape index (κ1) is 33.0. The third kappa shape index (κ3) is 8.07. The summed E-state index contributed by atoms with van der Waals surface area (Å²) in [6.45, 7) is 7.05. The minimum absolute atomic E-state index is 0.0321. The van der Waals surface area contributed by atoms with E-state index in [0.717, 1.165) is 18.9 Å². The van der Waals surface area contributed by atoms with Gasteiger partial charge >= 0.3 is 0 Å². The Balaban J connectivity index is 1.70. The lowest BCUT2D eigenvalue weighted by molar-refractivity contribution is -0.126. The molecule has 0 aliphatic carbocycles. The fourth-order valence-corrected chi connectivity index (χ4v) is 4.83. The first-order valence-electron chi connectivity index (χ1n) is 13.4. The van der Waals surface area contributed by atoms with Crippen LogP contribution in [0.1, 0.15) is 66.3 Å². The van der Waals surface area contributed by atoms with Crippen LogP contribution in [0.25, 0.3) is 5.70 Å². The number of hydrogen-bond donors (Lipinski definition) is 5. The lowest BCUT2D eigenvalue weighted by Gasteiger charge is -2.25. The smallest absolute Gasteiger partial charge is 0.255 e. The van der Waals surface area contributed by atoms with Gasteiger partial charge in [-0.25, -0.2) is 9.38 Å². The van der Waals surface area contributed by atoms with Gasteiger partial charge in [0.2, 0.25) is 5.91 Å². The van der Waals surface area contributed by atoms with Crippen molar-refractivity contribution in [1.29, 1.82) is 0 Å². The van der Waals surface area contributed by atoms with Crippen LogP contribution in [0.5, 0.6) is 0 Å². The highest BCUT2D eigenvalue weighted by molar-refractivity contribution is 6.42.